The van der Waals surface area contributed by atoms with Gasteiger partial charge in [-0.15, -0.1) is 0 Å². The molecule has 1 saturated carbocycles. The first-order valence-electron chi connectivity index (χ1n) is 8.88. The highest BCUT2D eigenvalue weighted by atomic mass is 16.5. The number of carbonyl (C=O) groups is 1. The molecule has 0 aliphatic heterocycles. The third kappa shape index (κ3) is 4.71. The minimum absolute atomic E-state index is 0.130. The Morgan fingerprint density at radius 3 is 2.30 bits per heavy atom. The van der Waals surface area contributed by atoms with Gasteiger partial charge in [0, 0.05) is 6.04 Å². The lowest BCUT2D eigenvalue weighted by molar-refractivity contribution is -0.127. The van der Waals surface area contributed by atoms with Crippen LogP contribution >= 0.6 is 0 Å². The van der Waals surface area contributed by atoms with Crippen molar-refractivity contribution in [3.05, 3.63) is 29.8 Å². The molecule has 1 aliphatic rings. The van der Waals surface area contributed by atoms with Crippen molar-refractivity contribution < 1.29 is 9.53 Å². The van der Waals surface area contributed by atoms with E-state index >= 15 is 0 Å². The van der Waals surface area contributed by atoms with Crippen LogP contribution in [0.3, 0.4) is 0 Å². The van der Waals surface area contributed by atoms with E-state index in [1.807, 2.05) is 24.3 Å². The van der Waals surface area contributed by atoms with Crippen LogP contribution in [0.15, 0.2) is 24.3 Å². The molecule has 1 aliphatic carbocycles. The lowest BCUT2D eigenvalue weighted by atomic mass is 9.94. The molecule has 0 spiro atoms. The molecule has 1 aromatic rings. The number of methoxy groups -OCH3 is 1. The van der Waals surface area contributed by atoms with Gasteiger partial charge in [0.05, 0.1) is 7.11 Å². The van der Waals surface area contributed by atoms with Crippen LogP contribution in [0.4, 0.5) is 0 Å². The molecule has 0 aromatic heterocycles. The Morgan fingerprint density at radius 1 is 1.17 bits per heavy atom. The largest absolute Gasteiger partial charge is 0.497 e. The Bertz CT molecular complexity index is 477. The van der Waals surface area contributed by atoms with Gasteiger partial charge < -0.3 is 10.1 Å². The number of likely N-dealkylation sites (N-methyl/N-ethyl adjacent to an activating group) is 1. The van der Waals surface area contributed by atoms with E-state index in [9.17, 15) is 4.79 Å². The molecule has 1 N–H and O–H groups in total. The van der Waals surface area contributed by atoms with E-state index < -0.39 is 0 Å². The summed E-state index contributed by atoms with van der Waals surface area (Å²) in [5, 5.41) is 3.28. The van der Waals surface area contributed by atoms with Gasteiger partial charge in [0.1, 0.15) is 11.8 Å². The highest BCUT2D eigenvalue weighted by Crippen LogP contribution is 2.25. The molecular formula is C19H30N2O2. The number of nitrogens with one attached hydrogen (secondary N) is 1. The Morgan fingerprint density at radius 2 is 1.78 bits per heavy atom. The number of hydrogen-bond acceptors (Lipinski definition) is 3. The molecule has 0 radical (unpaired) electrons. The summed E-state index contributed by atoms with van der Waals surface area (Å²) in [5.74, 6) is 0.950. The molecule has 4 heteroatoms. The maximum atomic E-state index is 12.9. The third-order valence-corrected chi connectivity index (χ3v) is 4.81. The Hall–Kier alpha value is -1.55. The van der Waals surface area contributed by atoms with Crippen LogP contribution in [-0.2, 0) is 4.79 Å². The van der Waals surface area contributed by atoms with Gasteiger partial charge in [0.15, 0.2) is 0 Å². The van der Waals surface area contributed by atoms with Crippen molar-refractivity contribution >= 4 is 5.91 Å². The molecule has 0 bridgehead atoms. The molecule has 1 fully saturated rings. The van der Waals surface area contributed by atoms with Crippen LogP contribution in [0, 0.1) is 0 Å². The van der Waals surface area contributed by atoms with Crippen LogP contribution < -0.4 is 10.1 Å². The molecule has 0 saturated heterocycles. The summed E-state index contributed by atoms with van der Waals surface area (Å²) < 4.78 is 5.23. The predicted octanol–water partition coefficient (Wildman–Crippen LogP) is 3.53. The Kier molecular flexibility index (Phi) is 6.90. The van der Waals surface area contributed by atoms with E-state index in [1.54, 1.807) is 7.11 Å². The zero-order valence-electron chi connectivity index (χ0n) is 14.7. The van der Waals surface area contributed by atoms with E-state index in [-0.39, 0.29) is 11.9 Å². The maximum absolute atomic E-state index is 12.9. The van der Waals surface area contributed by atoms with Crippen molar-refractivity contribution in [2.45, 2.75) is 58.0 Å². The van der Waals surface area contributed by atoms with Crippen LogP contribution in [-0.4, -0.2) is 37.0 Å². The van der Waals surface area contributed by atoms with Crippen molar-refractivity contribution in [2.24, 2.45) is 0 Å². The van der Waals surface area contributed by atoms with E-state index in [4.69, 9.17) is 4.74 Å². The van der Waals surface area contributed by atoms with E-state index in [0.717, 1.165) is 37.2 Å². The van der Waals surface area contributed by atoms with Gasteiger partial charge >= 0.3 is 0 Å². The van der Waals surface area contributed by atoms with Crippen LogP contribution in [0.1, 0.15) is 57.6 Å². The molecule has 0 unspecified atom stereocenters. The first-order valence-corrected chi connectivity index (χ1v) is 8.88. The molecule has 23 heavy (non-hydrogen) atoms. The van der Waals surface area contributed by atoms with Crippen LogP contribution in [0.2, 0.25) is 0 Å². The summed E-state index contributed by atoms with van der Waals surface area (Å²) in [6.45, 7) is 5.92. The maximum Gasteiger partial charge on any atom is 0.242 e. The summed E-state index contributed by atoms with van der Waals surface area (Å²) in [5.41, 5.74) is 1.03. The number of hydrogen-bond donors (Lipinski definition) is 1. The first-order chi connectivity index (χ1) is 11.2. The number of ether oxygens (including phenoxy) is 1. The Balaban J connectivity index is 2.16. The predicted molar refractivity (Wildman–Crippen MR) is 93.7 cm³/mol. The van der Waals surface area contributed by atoms with Gasteiger partial charge in [0.25, 0.3) is 0 Å². The number of benzene rings is 1. The van der Waals surface area contributed by atoms with Crippen LogP contribution in [0.25, 0.3) is 0 Å². The van der Waals surface area contributed by atoms with Crippen molar-refractivity contribution in [2.75, 3.05) is 20.2 Å². The summed E-state index contributed by atoms with van der Waals surface area (Å²) in [4.78, 5) is 15.1. The molecule has 0 heterocycles. The zero-order valence-corrected chi connectivity index (χ0v) is 14.7. The van der Waals surface area contributed by atoms with Gasteiger partial charge in [-0.1, -0.05) is 45.2 Å². The molecule has 1 aromatic carbocycles. The highest BCUT2D eigenvalue weighted by molar-refractivity contribution is 5.83. The second-order valence-corrected chi connectivity index (χ2v) is 6.24. The topological polar surface area (TPSA) is 41.6 Å². The summed E-state index contributed by atoms with van der Waals surface area (Å²) >= 11 is 0. The fraction of sp³-hybridized carbons (Fsp3) is 0.632. The van der Waals surface area contributed by atoms with Crippen molar-refractivity contribution in [3.8, 4) is 5.75 Å². The minimum atomic E-state index is -0.224. The SMILES string of the molecule is CCN(CC)[C@@H](C(=O)NC1CCCCC1)c1ccc(OC)cc1. The van der Waals surface area contributed by atoms with Gasteiger partial charge in [-0.05, 0) is 43.6 Å². The molecule has 1 amide bonds. The summed E-state index contributed by atoms with van der Waals surface area (Å²) in [6, 6.07) is 7.98. The minimum Gasteiger partial charge on any atom is -0.497 e. The number of amides is 1. The van der Waals surface area contributed by atoms with Crippen molar-refractivity contribution in [3.63, 3.8) is 0 Å². The molecule has 4 nitrogen and oxygen atoms in total. The lowest BCUT2D eigenvalue weighted by Crippen LogP contribution is -2.45. The average molecular weight is 318 g/mol. The van der Waals surface area contributed by atoms with Gasteiger partial charge in [-0.25, -0.2) is 0 Å². The molecule has 1 atom stereocenters. The molecular weight excluding hydrogens is 288 g/mol. The van der Waals surface area contributed by atoms with E-state index in [0.29, 0.717) is 6.04 Å². The van der Waals surface area contributed by atoms with Crippen molar-refractivity contribution in [1.29, 1.82) is 0 Å². The summed E-state index contributed by atoms with van der Waals surface area (Å²) in [7, 11) is 1.66. The number of nitrogens with zero attached hydrogens (tertiary/aromatic N) is 1. The van der Waals surface area contributed by atoms with Gasteiger partial charge in [0.2, 0.25) is 5.91 Å². The van der Waals surface area contributed by atoms with E-state index in [2.05, 4.69) is 24.1 Å². The molecule has 128 valence electrons. The summed E-state index contributed by atoms with van der Waals surface area (Å²) in [6.07, 6.45) is 5.97. The second kappa shape index (κ2) is 8.92. The van der Waals surface area contributed by atoms with E-state index in [1.165, 1.54) is 19.3 Å². The first kappa shape index (κ1) is 17.8. The second-order valence-electron chi connectivity index (χ2n) is 6.24. The average Bonchev–Trinajstić information content (AvgIpc) is 2.60. The lowest BCUT2D eigenvalue weighted by Gasteiger charge is -2.31. The fourth-order valence-electron chi connectivity index (χ4n) is 3.43. The quantitative estimate of drug-likeness (QED) is 0.836. The van der Waals surface area contributed by atoms with Gasteiger partial charge in [-0.3, -0.25) is 9.69 Å². The molecule has 2 rings (SSSR count). The number of rotatable bonds is 7. The van der Waals surface area contributed by atoms with Gasteiger partial charge in [-0.2, -0.15) is 0 Å². The normalized spacial score (nSPS) is 17.0. The third-order valence-electron chi connectivity index (χ3n) is 4.81. The standard InChI is InChI=1S/C19H30N2O2/c1-4-21(5-2)18(15-11-13-17(23-3)14-12-15)19(22)20-16-9-7-6-8-10-16/h11-14,16,18H,4-10H2,1-3H3,(H,20,22)/t18-/m1/s1. The smallest absolute Gasteiger partial charge is 0.242 e. The monoisotopic (exact) mass is 318 g/mol. The Labute approximate surface area is 140 Å². The highest BCUT2D eigenvalue weighted by Gasteiger charge is 2.28. The number of carbonyl (C=O) groups excluding carboxylic acids is 1. The zero-order chi connectivity index (χ0) is 16.7. The van der Waals surface area contributed by atoms with Crippen LogP contribution in [0.5, 0.6) is 5.75 Å². The fourth-order valence-corrected chi connectivity index (χ4v) is 3.43. The van der Waals surface area contributed by atoms with Crippen molar-refractivity contribution in [1.82, 2.24) is 10.2 Å².